The summed E-state index contributed by atoms with van der Waals surface area (Å²) in [6.45, 7) is 6.72. The molecule has 1 aromatic heterocycles. The minimum Gasteiger partial charge on any atom is -0.383 e. The van der Waals surface area contributed by atoms with Crippen molar-refractivity contribution in [2.75, 3.05) is 31.7 Å². The van der Waals surface area contributed by atoms with E-state index >= 15 is 0 Å². The Morgan fingerprint density at radius 3 is 2.81 bits per heavy atom. The van der Waals surface area contributed by atoms with Crippen LogP contribution in [0.1, 0.15) is 11.3 Å². The van der Waals surface area contributed by atoms with Gasteiger partial charge < -0.3 is 9.64 Å². The minimum atomic E-state index is 0.0856. The molecular weight excluding hydrogens is 206 g/mol. The molecule has 0 aliphatic carbocycles. The molecule has 5 nitrogen and oxygen atoms in total. The van der Waals surface area contributed by atoms with Crippen molar-refractivity contribution >= 4 is 5.95 Å². The van der Waals surface area contributed by atoms with Crippen LogP contribution in [0.3, 0.4) is 0 Å². The molecule has 88 valence electrons. The van der Waals surface area contributed by atoms with Crippen LogP contribution in [-0.2, 0) is 11.3 Å². The lowest BCUT2D eigenvalue weighted by Gasteiger charge is -2.17. The summed E-state index contributed by atoms with van der Waals surface area (Å²) in [5.74, 6) is 0.783. The standard InChI is InChI=1S/C11H17N3O2/c1-8-9(2)12-11-13(6-7-16-3)4-5-14(11)10(8)15/h4-7H2,1-3H3. The van der Waals surface area contributed by atoms with Gasteiger partial charge in [-0.25, -0.2) is 4.98 Å². The third-order valence-electron chi connectivity index (χ3n) is 3.06. The summed E-state index contributed by atoms with van der Waals surface area (Å²) in [5, 5.41) is 0. The molecule has 0 radical (unpaired) electrons. The fourth-order valence-electron chi connectivity index (χ4n) is 1.92. The third kappa shape index (κ3) is 1.71. The zero-order chi connectivity index (χ0) is 11.7. The second-order valence-electron chi connectivity index (χ2n) is 4.06. The van der Waals surface area contributed by atoms with E-state index in [1.54, 1.807) is 11.7 Å². The first-order valence-corrected chi connectivity index (χ1v) is 5.47. The number of aryl methyl sites for hydroxylation is 1. The zero-order valence-electron chi connectivity index (χ0n) is 9.99. The van der Waals surface area contributed by atoms with Crippen LogP contribution in [0.25, 0.3) is 0 Å². The second-order valence-corrected chi connectivity index (χ2v) is 4.06. The SMILES string of the molecule is COCCN1CCn2c1nc(C)c(C)c2=O. The predicted molar refractivity (Wildman–Crippen MR) is 62.1 cm³/mol. The predicted octanol–water partition coefficient (Wildman–Crippen LogP) is 0.327. The molecule has 2 rings (SSSR count). The molecular formula is C11H17N3O2. The summed E-state index contributed by atoms with van der Waals surface area (Å²) in [6, 6.07) is 0. The number of nitrogens with zero attached hydrogens (tertiary/aromatic N) is 3. The molecule has 0 spiro atoms. The number of aromatic nitrogens is 2. The van der Waals surface area contributed by atoms with Crippen LogP contribution in [0.15, 0.2) is 4.79 Å². The Balaban J connectivity index is 2.37. The van der Waals surface area contributed by atoms with Crippen molar-refractivity contribution in [3.63, 3.8) is 0 Å². The summed E-state index contributed by atoms with van der Waals surface area (Å²) in [6.07, 6.45) is 0. The zero-order valence-corrected chi connectivity index (χ0v) is 9.99. The van der Waals surface area contributed by atoms with Gasteiger partial charge in [0.1, 0.15) is 0 Å². The highest BCUT2D eigenvalue weighted by Crippen LogP contribution is 2.17. The Kier molecular flexibility index (Phi) is 2.96. The molecule has 1 aliphatic rings. The van der Waals surface area contributed by atoms with E-state index in [0.29, 0.717) is 6.61 Å². The lowest BCUT2D eigenvalue weighted by Crippen LogP contribution is -2.27. The van der Waals surface area contributed by atoms with Crippen molar-refractivity contribution < 1.29 is 4.74 Å². The Morgan fingerprint density at radius 1 is 1.38 bits per heavy atom. The summed E-state index contributed by atoms with van der Waals surface area (Å²) in [4.78, 5) is 18.5. The van der Waals surface area contributed by atoms with Gasteiger partial charge in [0.15, 0.2) is 0 Å². The first kappa shape index (κ1) is 11.1. The molecule has 0 unspecified atom stereocenters. The average Bonchev–Trinajstić information content (AvgIpc) is 2.66. The first-order valence-electron chi connectivity index (χ1n) is 5.47. The molecule has 0 amide bonds. The highest BCUT2D eigenvalue weighted by atomic mass is 16.5. The van der Waals surface area contributed by atoms with Gasteiger partial charge in [0.05, 0.1) is 6.61 Å². The maximum absolute atomic E-state index is 12.0. The molecule has 1 aliphatic heterocycles. The van der Waals surface area contributed by atoms with Crippen LogP contribution >= 0.6 is 0 Å². The van der Waals surface area contributed by atoms with E-state index in [-0.39, 0.29) is 5.56 Å². The highest BCUT2D eigenvalue weighted by Gasteiger charge is 2.22. The fourth-order valence-corrected chi connectivity index (χ4v) is 1.92. The van der Waals surface area contributed by atoms with Gasteiger partial charge in [-0.15, -0.1) is 0 Å². The third-order valence-corrected chi connectivity index (χ3v) is 3.06. The van der Waals surface area contributed by atoms with Crippen molar-refractivity contribution in [2.45, 2.75) is 20.4 Å². The molecule has 0 atom stereocenters. The van der Waals surface area contributed by atoms with Gasteiger partial charge in [0.2, 0.25) is 5.95 Å². The van der Waals surface area contributed by atoms with Crippen LogP contribution in [0, 0.1) is 13.8 Å². The largest absolute Gasteiger partial charge is 0.383 e. The van der Waals surface area contributed by atoms with Crippen LogP contribution in [0.5, 0.6) is 0 Å². The van der Waals surface area contributed by atoms with Gasteiger partial charge in [-0.3, -0.25) is 9.36 Å². The number of anilines is 1. The van der Waals surface area contributed by atoms with E-state index in [1.807, 2.05) is 13.8 Å². The Hall–Kier alpha value is -1.36. The number of methoxy groups -OCH3 is 1. The number of ether oxygens (including phenoxy) is 1. The molecule has 5 heteroatoms. The fraction of sp³-hybridized carbons (Fsp3) is 0.636. The number of fused-ring (bicyclic) bond motifs is 1. The van der Waals surface area contributed by atoms with Crippen molar-refractivity contribution in [3.05, 3.63) is 21.6 Å². The van der Waals surface area contributed by atoms with Crippen LogP contribution in [-0.4, -0.2) is 36.4 Å². The summed E-state index contributed by atoms with van der Waals surface area (Å²) in [5.41, 5.74) is 1.65. The molecule has 0 bridgehead atoms. The molecule has 16 heavy (non-hydrogen) atoms. The topological polar surface area (TPSA) is 47.4 Å². The van der Waals surface area contributed by atoms with E-state index < -0.39 is 0 Å². The molecule has 0 aromatic carbocycles. The van der Waals surface area contributed by atoms with E-state index in [9.17, 15) is 4.79 Å². The van der Waals surface area contributed by atoms with Crippen molar-refractivity contribution in [1.29, 1.82) is 0 Å². The molecule has 0 fully saturated rings. The molecule has 0 N–H and O–H groups in total. The van der Waals surface area contributed by atoms with E-state index in [4.69, 9.17) is 4.74 Å². The van der Waals surface area contributed by atoms with Gasteiger partial charge in [-0.05, 0) is 13.8 Å². The summed E-state index contributed by atoms with van der Waals surface area (Å²) < 4.78 is 6.79. The highest BCUT2D eigenvalue weighted by molar-refractivity contribution is 5.37. The lowest BCUT2D eigenvalue weighted by atomic mass is 10.3. The maximum Gasteiger partial charge on any atom is 0.258 e. The second kappa shape index (κ2) is 4.25. The maximum atomic E-state index is 12.0. The first-order chi connectivity index (χ1) is 7.65. The Bertz CT molecular complexity index is 453. The Morgan fingerprint density at radius 2 is 2.12 bits per heavy atom. The smallest absolute Gasteiger partial charge is 0.258 e. The van der Waals surface area contributed by atoms with Gasteiger partial charge in [0, 0.05) is 38.0 Å². The van der Waals surface area contributed by atoms with Gasteiger partial charge in [-0.2, -0.15) is 0 Å². The summed E-state index contributed by atoms with van der Waals surface area (Å²) in [7, 11) is 1.68. The van der Waals surface area contributed by atoms with Crippen molar-refractivity contribution in [1.82, 2.24) is 9.55 Å². The molecule has 0 saturated heterocycles. The minimum absolute atomic E-state index is 0.0856. The normalized spacial score (nSPS) is 14.3. The van der Waals surface area contributed by atoms with Gasteiger partial charge in [-0.1, -0.05) is 0 Å². The van der Waals surface area contributed by atoms with E-state index in [0.717, 1.165) is 36.8 Å². The monoisotopic (exact) mass is 223 g/mol. The van der Waals surface area contributed by atoms with E-state index in [1.165, 1.54) is 0 Å². The number of rotatable bonds is 3. The van der Waals surface area contributed by atoms with Crippen LogP contribution in [0.2, 0.25) is 0 Å². The number of hydrogen-bond donors (Lipinski definition) is 0. The lowest BCUT2D eigenvalue weighted by molar-refractivity contribution is 0.205. The van der Waals surface area contributed by atoms with E-state index in [2.05, 4.69) is 9.88 Å². The van der Waals surface area contributed by atoms with Gasteiger partial charge >= 0.3 is 0 Å². The van der Waals surface area contributed by atoms with Crippen LogP contribution in [0.4, 0.5) is 5.95 Å². The molecule has 0 saturated carbocycles. The van der Waals surface area contributed by atoms with Crippen molar-refractivity contribution in [3.8, 4) is 0 Å². The molecule has 2 heterocycles. The number of hydrogen-bond acceptors (Lipinski definition) is 4. The summed E-state index contributed by atoms with van der Waals surface area (Å²) >= 11 is 0. The quantitative estimate of drug-likeness (QED) is 0.740. The molecule has 1 aromatic rings. The average molecular weight is 223 g/mol. The van der Waals surface area contributed by atoms with Gasteiger partial charge in [0.25, 0.3) is 5.56 Å². The Labute approximate surface area is 94.7 Å². The van der Waals surface area contributed by atoms with Crippen LogP contribution < -0.4 is 10.5 Å². The van der Waals surface area contributed by atoms with Crippen molar-refractivity contribution in [2.24, 2.45) is 0 Å².